The van der Waals surface area contributed by atoms with Crippen LogP contribution < -0.4 is 5.32 Å². The second-order valence-corrected chi connectivity index (χ2v) is 4.57. The van der Waals surface area contributed by atoms with E-state index in [0.717, 1.165) is 16.9 Å². The first kappa shape index (κ1) is 12.6. The topological polar surface area (TPSA) is 50.7 Å². The predicted octanol–water partition coefficient (Wildman–Crippen LogP) is 3.94. The highest BCUT2D eigenvalue weighted by molar-refractivity contribution is 6.30. The molecule has 98 valence electrons. The second-order valence-electron chi connectivity index (χ2n) is 4.14. The lowest BCUT2D eigenvalue weighted by atomic mass is 10.1. The molecule has 20 heavy (non-hydrogen) atoms. The van der Waals surface area contributed by atoms with Gasteiger partial charge in [0.1, 0.15) is 0 Å². The SMILES string of the molecule is Clc1cccc(-c2cc(Nc3ncccn3)ccn2)c1. The Labute approximate surface area is 121 Å². The number of halogens is 1. The van der Waals surface area contributed by atoms with Gasteiger partial charge in [-0.3, -0.25) is 4.98 Å². The van der Waals surface area contributed by atoms with Crippen molar-refractivity contribution in [1.82, 2.24) is 15.0 Å². The molecule has 0 bridgehead atoms. The van der Waals surface area contributed by atoms with Crippen LogP contribution in [-0.4, -0.2) is 15.0 Å². The van der Waals surface area contributed by atoms with Gasteiger partial charge in [0.25, 0.3) is 0 Å². The molecule has 1 aromatic carbocycles. The highest BCUT2D eigenvalue weighted by Crippen LogP contribution is 2.23. The monoisotopic (exact) mass is 282 g/mol. The van der Waals surface area contributed by atoms with Gasteiger partial charge in [0.05, 0.1) is 5.69 Å². The van der Waals surface area contributed by atoms with E-state index in [0.29, 0.717) is 11.0 Å². The van der Waals surface area contributed by atoms with Gasteiger partial charge in [0, 0.05) is 34.9 Å². The lowest BCUT2D eigenvalue weighted by Gasteiger charge is -2.06. The van der Waals surface area contributed by atoms with E-state index in [4.69, 9.17) is 11.6 Å². The highest BCUT2D eigenvalue weighted by atomic mass is 35.5. The molecule has 0 saturated heterocycles. The van der Waals surface area contributed by atoms with Crippen molar-refractivity contribution in [2.45, 2.75) is 0 Å². The van der Waals surface area contributed by atoms with Crippen molar-refractivity contribution in [3.8, 4) is 11.3 Å². The van der Waals surface area contributed by atoms with Crippen LogP contribution in [0, 0.1) is 0 Å². The molecule has 5 heteroatoms. The van der Waals surface area contributed by atoms with Gasteiger partial charge < -0.3 is 5.32 Å². The van der Waals surface area contributed by atoms with Crippen molar-refractivity contribution in [3.63, 3.8) is 0 Å². The molecule has 0 saturated carbocycles. The minimum absolute atomic E-state index is 0.552. The molecular weight excluding hydrogens is 272 g/mol. The maximum absolute atomic E-state index is 6.00. The van der Waals surface area contributed by atoms with Gasteiger partial charge >= 0.3 is 0 Å². The Hall–Kier alpha value is -2.46. The molecule has 1 N–H and O–H groups in total. The number of pyridine rings is 1. The summed E-state index contributed by atoms with van der Waals surface area (Å²) in [5.41, 5.74) is 2.68. The fourth-order valence-electron chi connectivity index (χ4n) is 1.81. The van der Waals surface area contributed by atoms with E-state index in [1.165, 1.54) is 0 Å². The molecule has 0 atom stereocenters. The molecule has 0 aliphatic heterocycles. The first-order valence-electron chi connectivity index (χ1n) is 6.07. The van der Waals surface area contributed by atoms with Crippen LogP contribution in [0.3, 0.4) is 0 Å². The summed E-state index contributed by atoms with van der Waals surface area (Å²) in [4.78, 5) is 12.6. The third-order valence-electron chi connectivity index (χ3n) is 2.70. The Morgan fingerprint density at radius 3 is 2.50 bits per heavy atom. The van der Waals surface area contributed by atoms with Crippen LogP contribution in [-0.2, 0) is 0 Å². The summed E-state index contributed by atoms with van der Waals surface area (Å²) in [5, 5.41) is 3.82. The van der Waals surface area contributed by atoms with Gasteiger partial charge in [0.2, 0.25) is 5.95 Å². The van der Waals surface area contributed by atoms with Crippen LogP contribution in [0.15, 0.2) is 61.1 Å². The zero-order valence-corrected chi connectivity index (χ0v) is 11.2. The zero-order valence-electron chi connectivity index (χ0n) is 10.5. The van der Waals surface area contributed by atoms with Crippen molar-refractivity contribution >= 4 is 23.2 Å². The Morgan fingerprint density at radius 1 is 0.850 bits per heavy atom. The molecule has 0 radical (unpaired) electrons. The summed E-state index contributed by atoms with van der Waals surface area (Å²) in [6.45, 7) is 0. The molecule has 0 aliphatic rings. The number of rotatable bonds is 3. The molecule has 2 heterocycles. The Bertz CT molecular complexity index is 716. The molecule has 0 fully saturated rings. The van der Waals surface area contributed by atoms with E-state index in [1.54, 1.807) is 24.7 Å². The molecule has 3 aromatic rings. The van der Waals surface area contributed by atoms with Crippen molar-refractivity contribution in [3.05, 3.63) is 66.1 Å². The zero-order chi connectivity index (χ0) is 13.8. The number of aromatic nitrogens is 3. The normalized spacial score (nSPS) is 10.2. The van der Waals surface area contributed by atoms with Gasteiger partial charge in [0.15, 0.2) is 0 Å². The van der Waals surface area contributed by atoms with Crippen LogP contribution >= 0.6 is 11.6 Å². The average molecular weight is 283 g/mol. The number of benzene rings is 1. The molecule has 4 nitrogen and oxygen atoms in total. The third-order valence-corrected chi connectivity index (χ3v) is 2.94. The quantitative estimate of drug-likeness (QED) is 0.790. The third kappa shape index (κ3) is 2.92. The Kier molecular flexibility index (Phi) is 3.56. The summed E-state index contributed by atoms with van der Waals surface area (Å²) in [5.74, 6) is 0.552. The fourth-order valence-corrected chi connectivity index (χ4v) is 2.00. The molecule has 0 spiro atoms. The first-order valence-corrected chi connectivity index (χ1v) is 6.45. The average Bonchev–Trinajstić information content (AvgIpc) is 2.49. The number of hydrogen-bond acceptors (Lipinski definition) is 4. The van der Waals surface area contributed by atoms with Crippen LogP contribution in [0.5, 0.6) is 0 Å². The summed E-state index contributed by atoms with van der Waals surface area (Å²) in [7, 11) is 0. The highest BCUT2D eigenvalue weighted by Gasteiger charge is 2.02. The Morgan fingerprint density at radius 2 is 1.70 bits per heavy atom. The van der Waals surface area contributed by atoms with E-state index < -0.39 is 0 Å². The van der Waals surface area contributed by atoms with Crippen LogP contribution in [0.25, 0.3) is 11.3 Å². The minimum atomic E-state index is 0.552. The van der Waals surface area contributed by atoms with Crippen LogP contribution in [0.4, 0.5) is 11.6 Å². The number of hydrogen-bond donors (Lipinski definition) is 1. The second kappa shape index (κ2) is 5.67. The summed E-state index contributed by atoms with van der Waals surface area (Å²) >= 11 is 6.00. The number of anilines is 2. The van der Waals surface area contributed by atoms with Gasteiger partial charge in [-0.05, 0) is 30.3 Å². The largest absolute Gasteiger partial charge is 0.324 e. The molecular formula is C15H11ClN4. The smallest absolute Gasteiger partial charge is 0.227 e. The van der Waals surface area contributed by atoms with E-state index in [-0.39, 0.29) is 0 Å². The maximum atomic E-state index is 6.00. The summed E-state index contributed by atoms with van der Waals surface area (Å²) in [6, 6.07) is 13.2. The van der Waals surface area contributed by atoms with Crippen molar-refractivity contribution in [1.29, 1.82) is 0 Å². The molecule has 0 aliphatic carbocycles. The summed E-state index contributed by atoms with van der Waals surface area (Å²) < 4.78 is 0. The van der Waals surface area contributed by atoms with E-state index >= 15 is 0 Å². The van der Waals surface area contributed by atoms with Gasteiger partial charge in [-0.2, -0.15) is 0 Å². The van der Waals surface area contributed by atoms with Crippen molar-refractivity contribution < 1.29 is 0 Å². The van der Waals surface area contributed by atoms with Crippen LogP contribution in [0.1, 0.15) is 0 Å². The van der Waals surface area contributed by atoms with Gasteiger partial charge in [-0.15, -0.1) is 0 Å². The predicted molar refractivity (Wildman–Crippen MR) is 80.0 cm³/mol. The van der Waals surface area contributed by atoms with E-state index in [9.17, 15) is 0 Å². The number of nitrogens with one attached hydrogen (secondary N) is 1. The minimum Gasteiger partial charge on any atom is -0.324 e. The van der Waals surface area contributed by atoms with E-state index in [2.05, 4.69) is 20.3 Å². The Balaban J connectivity index is 1.90. The van der Waals surface area contributed by atoms with Gasteiger partial charge in [-0.1, -0.05) is 23.7 Å². The number of nitrogens with zero attached hydrogens (tertiary/aromatic N) is 3. The maximum Gasteiger partial charge on any atom is 0.227 e. The summed E-state index contributed by atoms with van der Waals surface area (Å²) in [6.07, 6.45) is 5.12. The molecule has 0 amide bonds. The lowest BCUT2D eigenvalue weighted by molar-refractivity contribution is 1.16. The lowest BCUT2D eigenvalue weighted by Crippen LogP contribution is -1.96. The van der Waals surface area contributed by atoms with Crippen molar-refractivity contribution in [2.75, 3.05) is 5.32 Å². The molecule has 0 unspecified atom stereocenters. The van der Waals surface area contributed by atoms with E-state index in [1.807, 2.05) is 36.4 Å². The van der Waals surface area contributed by atoms with Crippen molar-refractivity contribution in [2.24, 2.45) is 0 Å². The van der Waals surface area contributed by atoms with Crippen LogP contribution in [0.2, 0.25) is 5.02 Å². The molecule has 2 aromatic heterocycles. The fraction of sp³-hybridized carbons (Fsp3) is 0. The first-order chi connectivity index (χ1) is 9.81. The van der Waals surface area contributed by atoms with Gasteiger partial charge in [-0.25, -0.2) is 9.97 Å². The standard InChI is InChI=1S/C15H11ClN4/c16-12-4-1-3-11(9-12)14-10-13(5-8-17-14)20-15-18-6-2-7-19-15/h1-10H,(H,17,18,19,20). The molecule has 3 rings (SSSR count).